The summed E-state index contributed by atoms with van der Waals surface area (Å²) in [6, 6.07) is 8.97. The van der Waals surface area contributed by atoms with E-state index in [0.29, 0.717) is 16.4 Å². The predicted octanol–water partition coefficient (Wildman–Crippen LogP) is 4.40. The Morgan fingerprint density at radius 2 is 1.79 bits per heavy atom. The molecule has 2 unspecified atom stereocenters. The number of anilines is 2. The molecule has 9 nitrogen and oxygen atoms in total. The maximum absolute atomic E-state index is 13.0. The van der Waals surface area contributed by atoms with Gasteiger partial charge in [0.1, 0.15) is 0 Å². The highest BCUT2D eigenvalue weighted by Crippen LogP contribution is 2.37. The molecule has 1 saturated heterocycles. The number of hydrogen-bond acceptors (Lipinski definition) is 6. The molecule has 0 bridgehead atoms. The summed E-state index contributed by atoms with van der Waals surface area (Å²) in [7, 11) is 0. The molecule has 34 heavy (non-hydrogen) atoms. The molecule has 178 valence electrons. The Balaban J connectivity index is 1.48. The highest BCUT2D eigenvalue weighted by Gasteiger charge is 2.47. The van der Waals surface area contributed by atoms with Crippen molar-refractivity contribution in [3.63, 3.8) is 0 Å². The largest absolute Gasteiger partial charge is 0.383 e. The van der Waals surface area contributed by atoms with E-state index in [1.54, 1.807) is 18.2 Å². The summed E-state index contributed by atoms with van der Waals surface area (Å²) in [5.74, 6) is -1.25. The van der Waals surface area contributed by atoms with Gasteiger partial charge in [-0.2, -0.15) is 0 Å². The van der Waals surface area contributed by atoms with E-state index in [1.807, 2.05) is 6.92 Å². The lowest BCUT2D eigenvalue weighted by atomic mass is 9.81. The molecular formula is C24H25ClN4O5. The SMILES string of the molecule is Cc1ccc(NC(=O)c2cc([N+](=O)[O-])ccc2NCCN2C(=O)C3CCCCC3C2=O)cc1Cl. The van der Waals surface area contributed by atoms with Crippen molar-refractivity contribution in [1.82, 2.24) is 4.90 Å². The lowest BCUT2D eigenvalue weighted by Crippen LogP contribution is -2.35. The second-order valence-corrected chi connectivity index (χ2v) is 9.06. The molecule has 1 aliphatic heterocycles. The Bertz CT molecular complexity index is 1140. The molecule has 10 heteroatoms. The monoisotopic (exact) mass is 484 g/mol. The number of nitrogens with one attached hydrogen (secondary N) is 2. The number of imide groups is 1. The van der Waals surface area contributed by atoms with Gasteiger partial charge in [-0.25, -0.2) is 0 Å². The third-order valence-corrected chi connectivity index (χ3v) is 6.88. The fourth-order valence-corrected chi connectivity index (χ4v) is 4.79. The number of rotatable bonds is 7. The summed E-state index contributed by atoms with van der Waals surface area (Å²) in [5, 5.41) is 17.5. The summed E-state index contributed by atoms with van der Waals surface area (Å²) in [5.41, 5.74) is 1.50. The molecule has 2 aromatic rings. The van der Waals surface area contributed by atoms with Gasteiger partial charge in [0.25, 0.3) is 11.6 Å². The minimum absolute atomic E-state index is 0.0682. The van der Waals surface area contributed by atoms with Crippen LogP contribution in [-0.4, -0.2) is 40.6 Å². The number of aryl methyl sites for hydroxylation is 1. The first-order valence-corrected chi connectivity index (χ1v) is 11.6. The summed E-state index contributed by atoms with van der Waals surface area (Å²) in [4.78, 5) is 50.3. The molecule has 2 N–H and O–H groups in total. The number of carbonyl (C=O) groups excluding carboxylic acids is 3. The molecule has 0 radical (unpaired) electrons. The van der Waals surface area contributed by atoms with Gasteiger partial charge in [0.05, 0.1) is 22.3 Å². The predicted molar refractivity (Wildman–Crippen MR) is 128 cm³/mol. The van der Waals surface area contributed by atoms with Crippen molar-refractivity contribution >= 4 is 46.4 Å². The van der Waals surface area contributed by atoms with E-state index in [-0.39, 0.29) is 48.0 Å². The third kappa shape index (κ3) is 4.75. The Labute approximate surface area is 201 Å². The fraction of sp³-hybridized carbons (Fsp3) is 0.375. The van der Waals surface area contributed by atoms with Crippen LogP contribution < -0.4 is 10.6 Å². The third-order valence-electron chi connectivity index (χ3n) is 6.47. The van der Waals surface area contributed by atoms with Crippen LogP contribution in [-0.2, 0) is 9.59 Å². The van der Waals surface area contributed by atoms with Crippen LogP contribution in [0.2, 0.25) is 5.02 Å². The molecule has 2 fully saturated rings. The Morgan fingerprint density at radius 3 is 2.41 bits per heavy atom. The molecule has 1 saturated carbocycles. The minimum Gasteiger partial charge on any atom is -0.383 e. The van der Waals surface area contributed by atoms with Gasteiger partial charge in [-0.1, -0.05) is 30.5 Å². The molecule has 1 heterocycles. The molecule has 0 spiro atoms. The Morgan fingerprint density at radius 1 is 1.12 bits per heavy atom. The standard InChI is InChI=1S/C24H25ClN4O5/c1-14-6-7-15(12-20(14)25)27-22(30)19-13-16(29(33)34)8-9-21(19)26-10-11-28-23(31)17-4-2-3-5-18(17)24(28)32/h6-9,12-13,17-18,26H,2-5,10-11H2,1H3,(H,27,30). The molecule has 2 aromatic carbocycles. The van der Waals surface area contributed by atoms with Gasteiger partial charge in [-0.05, 0) is 43.5 Å². The molecule has 1 aliphatic carbocycles. The van der Waals surface area contributed by atoms with E-state index >= 15 is 0 Å². The number of nitrogens with zero attached hydrogens (tertiary/aromatic N) is 2. The molecule has 3 amide bonds. The van der Waals surface area contributed by atoms with Gasteiger partial charge >= 0.3 is 0 Å². The van der Waals surface area contributed by atoms with Crippen molar-refractivity contribution in [2.75, 3.05) is 23.7 Å². The average molecular weight is 485 g/mol. The van der Waals surface area contributed by atoms with E-state index in [1.165, 1.54) is 23.1 Å². The Hall–Kier alpha value is -3.46. The summed E-state index contributed by atoms with van der Waals surface area (Å²) in [6.07, 6.45) is 3.41. The lowest BCUT2D eigenvalue weighted by molar-refractivity contribution is -0.384. The van der Waals surface area contributed by atoms with Gasteiger partial charge in [0.15, 0.2) is 0 Å². The summed E-state index contributed by atoms with van der Waals surface area (Å²) >= 11 is 6.13. The lowest BCUT2D eigenvalue weighted by Gasteiger charge is -2.19. The van der Waals surface area contributed by atoms with Crippen molar-refractivity contribution in [2.24, 2.45) is 11.8 Å². The summed E-state index contributed by atoms with van der Waals surface area (Å²) < 4.78 is 0. The average Bonchev–Trinajstić information content (AvgIpc) is 3.06. The second-order valence-electron chi connectivity index (χ2n) is 8.66. The fourth-order valence-electron chi connectivity index (χ4n) is 4.61. The molecule has 2 aliphatic rings. The molecule has 4 rings (SSSR count). The van der Waals surface area contributed by atoms with Gasteiger partial charge in [0, 0.05) is 41.6 Å². The quantitative estimate of drug-likeness (QED) is 0.341. The van der Waals surface area contributed by atoms with E-state index in [9.17, 15) is 24.5 Å². The number of non-ortho nitro benzene ring substituents is 1. The smallest absolute Gasteiger partial charge is 0.270 e. The van der Waals surface area contributed by atoms with Crippen molar-refractivity contribution in [3.8, 4) is 0 Å². The van der Waals surface area contributed by atoms with E-state index in [2.05, 4.69) is 10.6 Å². The number of nitro benzene ring substituents is 1. The van der Waals surface area contributed by atoms with Crippen LogP contribution in [0, 0.1) is 28.9 Å². The van der Waals surface area contributed by atoms with Crippen molar-refractivity contribution in [1.29, 1.82) is 0 Å². The minimum atomic E-state index is -0.577. The van der Waals surface area contributed by atoms with E-state index in [4.69, 9.17) is 11.6 Å². The zero-order valence-electron chi connectivity index (χ0n) is 18.7. The number of hydrogen-bond donors (Lipinski definition) is 2. The zero-order valence-corrected chi connectivity index (χ0v) is 19.4. The van der Waals surface area contributed by atoms with Crippen molar-refractivity contribution in [2.45, 2.75) is 32.6 Å². The normalized spacial score (nSPS) is 19.6. The number of amides is 3. The highest BCUT2D eigenvalue weighted by molar-refractivity contribution is 6.31. The van der Waals surface area contributed by atoms with Crippen LogP contribution in [0.4, 0.5) is 17.1 Å². The second kappa shape index (κ2) is 9.80. The number of nitro groups is 1. The van der Waals surface area contributed by atoms with Crippen molar-refractivity contribution < 1.29 is 19.3 Å². The highest BCUT2D eigenvalue weighted by atomic mass is 35.5. The number of carbonyl (C=O) groups is 3. The topological polar surface area (TPSA) is 122 Å². The van der Waals surface area contributed by atoms with Crippen molar-refractivity contribution in [3.05, 3.63) is 62.7 Å². The van der Waals surface area contributed by atoms with E-state index in [0.717, 1.165) is 31.2 Å². The van der Waals surface area contributed by atoms with Crippen LogP contribution in [0.25, 0.3) is 0 Å². The first-order valence-electron chi connectivity index (χ1n) is 11.2. The molecule has 2 atom stereocenters. The maximum Gasteiger partial charge on any atom is 0.270 e. The number of halogens is 1. The van der Waals surface area contributed by atoms with Crippen LogP contribution in [0.1, 0.15) is 41.6 Å². The Kier molecular flexibility index (Phi) is 6.83. The van der Waals surface area contributed by atoms with Crippen LogP contribution in [0.15, 0.2) is 36.4 Å². The summed E-state index contributed by atoms with van der Waals surface area (Å²) in [6.45, 7) is 2.21. The van der Waals surface area contributed by atoms with Crippen LogP contribution in [0.5, 0.6) is 0 Å². The van der Waals surface area contributed by atoms with Gasteiger partial charge in [-0.3, -0.25) is 29.4 Å². The first-order chi connectivity index (χ1) is 16.3. The van der Waals surface area contributed by atoms with Gasteiger partial charge in [0.2, 0.25) is 11.8 Å². The van der Waals surface area contributed by atoms with Crippen LogP contribution in [0.3, 0.4) is 0 Å². The first kappa shape index (κ1) is 23.7. The zero-order chi connectivity index (χ0) is 24.4. The van der Waals surface area contributed by atoms with Gasteiger partial charge in [-0.15, -0.1) is 0 Å². The molecular weight excluding hydrogens is 460 g/mol. The molecule has 0 aromatic heterocycles. The number of likely N-dealkylation sites (tertiary alicyclic amines) is 1. The maximum atomic E-state index is 13.0. The van der Waals surface area contributed by atoms with Gasteiger partial charge < -0.3 is 10.6 Å². The van der Waals surface area contributed by atoms with E-state index < -0.39 is 10.8 Å². The van der Waals surface area contributed by atoms with Crippen LogP contribution >= 0.6 is 11.6 Å². The number of fused-ring (bicyclic) bond motifs is 1. The number of benzene rings is 2.